The fourth-order valence-corrected chi connectivity index (χ4v) is 5.83. The number of amides is 1. The molecule has 0 radical (unpaired) electrons. The Kier molecular flexibility index (Phi) is 6.00. The van der Waals surface area contributed by atoms with Gasteiger partial charge in [0.25, 0.3) is 10.0 Å². The molecule has 7 heteroatoms. The second-order valence-corrected chi connectivity index (χ2v) is 13.0. The molecule has 0 spiro atoms. The first kappa shape index (κ1) is 24.6. The van der Waals surface area contributed by atoms with Crippen LogP contribution in [-0.4, -0.2) is 38.1 Å². The van der Waals surface area contributed by atoms with E-state index < -0.39 is 15.6 Å². The van der Waals surface area contributed by atoms with Crippen molar-refractivity contribution in [1.29, 1.82) is 0 Å². The van der Waals surface area contributed by atoms with Crippen LogP contribution in [-0.2, 0) is 25.6 Å². The number of carbonyl (C=O) groups excluding carboxylic acids is 1. The summed E-state index contributed by atoms with van der Waals surface area (Å²) in [6, 6.07) is 14.7. The van der Waals surface area contributed by atoms with Crippen LogP contribution in [0.1, 0.15) is 65.5 Å². The summed E-state index contributed by atoms with van der Waals surface area (Å²) in [5, 5.41) is 0. The topological polar surface area (TPSA) is 75.7 Å². The van der Waals surface area contributed by atoms with E-state index in [2.05, 4.69) is 25.5 Å². The van der Waals surface area contributed by atoms with E-state index in [-0.39, 0.29) is 21.8 Å². The van der Waals surface area contributed by atoms with Crippen molar-refractivity contribution in [3.8, 4) is 0 Å². The molecule has 1 aliphatic carbocycles. The molecule has 1 heterocycles. The minimum Gasteiger partial charge on any atom is -0.444 e. The van der Waals surface area contributed by atoms with Gasteiger partial charge in [-0.1, -0.05) is 45.0 Å². The summed E-state index contributed by atoms with van der Waals surface area (Å²) < 4.78 is 34.0. The standard InChI is InChI=1S/C27H36N2O4S/c1-7-26(5,6)19-10-14-23(15-11-19)34(31,32)28-22-12-8-20(9-13-22)27-16-21(27)17-29(18-27)24(30)33-25(2,3)4/h8-15,21,28H,7,16-18H2,1-6H3/t21-,27+/m1/s1. The van der Waals surface area contributed by atoms with E-state index in [4.69, 9.17) is 4.74 Å². The Morgan fingerprint density at radius 1 is 1.06 bits per heavy atom. The van der Waals surface area contributed by atoms with Gasteiger partial charge < -0.3 is 9.64 Å². The molecule has 1 saturated carbocycles. The average molecular weight is 485 g/mol. The van der Waals surface area contributed by atoms with Gasteiger partial charge in [-0.05, 0) is 80.3 Å². The number of anilines is 1. The SMILES string of the molecule is CCC(C)(C)c1ccc(S(=O)(=O)Nc2ccc([C@@]34C[C@@H]3CN(C(=O)OC(C)(C)C)C4)cc2)cc1. The van der Waals surface area contributed by atoms with Crippen LogP contribution in [0.2, 0.25) is 0 Å². The number of nitrogens with zero attached hydrogens (tertiary/aromatic N) is 1. The summed E-state index contributed by atoms with van der Waals surface area (Å²) in [7, 11) is -3.68. The maximum Gasteiger partial charge on any atom is 0.410 e. The lowest BCUT2D eigenvalue weighted by Gasteiger charge is -2.26. The van der Waals surface area contributed by atoms with Gasteiger partial charge in [-0.3, -0.25) is 4.72 Å². The van der Waals surface area contributed by atoms with Gasteiger partial charge in [0.2, 0.25) is 0 Å². The molecule has 0 unspecified atom stereocenters. The highest BCUT2D eigenvalue weighted by molar-refractivity contribution is 7.92. The van der Waals surface area contributed by atoms with Crippen molar-refractivity contribution in [2.24, 2.45) is 5.92 Å². The third-order valence-corrected chi connectivity index (χ3v) is 8.74. The van der Waals surface area contributed by atoms with Crippen molar-refractivity contribution in [2.45, 2.75) is 75.7 Å². The van der Waals surface area contributed by atoms with Crippen LogP contribution in [0.5, 0.6) is 0 Å². The number of likely N-dealkylation sites (tertiary alicyclic amines) is 1. The van der Waals surface area contributed by atoms with Crippen molar-refractivity contribution in [3.05, 3.63) is 59.7 Å². The van der Waals surface area contributed by atoms with Gasteiger partial charge in [0.05, 0.1) is 4.90 Å². The van der Waals surface area contributed by atoms with Gasteiger partial charge in [-0.2, -0.15) is 0 Å². The van der Waals surface area contributed by atoms with Gasteiger partial charge in [0.1, 0.15) is 5.60 Å². The number of sulfonamides is 1. The largest absolute Gasteiger partial charge is 0.444 e. The van der Waals surface area contributed by atoms with Crippen molar-refractivity contribution < 1.29 is 17.9 Å². The lowest BCUT2D eigenvalue weighted by molar-refractivity contribution is 0.0270. The number of nitrogens with one attached hydrogen (secondary N) is 1. The van der Waals surface area contributed by atoms with Crippen LogP contribution in [0.3, 0.4) is 0 Å². The molecule has 184 valence electrons. The van der Waals surface area contributed by atoms with Crippen LogP contribution in [0.25, 0.3) is 0 Å². The second kappa shape index (κ2) is 8.29. The number of piperidine rings is 1. The van der Waals surface area contributed by atoms with E-state index in [1.165, 1.54) is 0 Å². The molecule has 1 amide bonds. The normalized spacial score (nSPS) is 22.3. The lowest BCUT2D eigenvalue weighted by Crippen LogP contribution is -2.37. The molecule has 2 fully saturated rings. The van der Waals surface area contributed by atoms with Gasteiger partial charge in [0.15, 0.2) is 0 Å². The van der Waals surface area contributed by atoms with Crippen molar-refractivity contribution in [1.82, 2.24) is 4.90 Å². The Bertz CT molecular complexity index is 1160. The second-order valence-electron chi connectivity index (χ2n) is 11.4. The predicted molar refractivity (Wildman–Crippen MR) is 135 cm³/mol. The average Bonchev–Trinajstić information content (AvgIpc) is 3.33. The molecular formula is C27H36N2O4S. The molecule has 0 bridgehead atoms. The zero-order chi connectivity index (χ0) is 24.9. The quantitative estimate of drug-likeness (QED) is 0.572. The summed E-state index contributed by atoms with van der Waals surface area (Å²) in [6.07, 6.45) is 1.75. The minimum atomic E-state index is -3.68. The molecule has 2 aromatic rings. The smallest absolute Gasteiger partial charge is 0.410 e. The van der Waals surface area contributed by atoms with E-state index in [0.717, 1.165) is 24.0 Å². The predicted octanol–water partition coefficient (Wildman–Crippen LogP) is 5.68. The van der Waals surface area contributed by atoms with E-state index in [1.807, 2.05) is 57.2 Å². The zero-order valence-corrected chi connectivity index (χ0v) is 21.8. The van der Waals surface area contributed by atoms with Gasteiger partial charge in [0, 0.05) is 24.2 Å². The Morgan fingerprint density at radius 3 is 2.24 bits per heavy atom. The molecule has 1 aliphatic heterocycles. The summed E-state index contributed by atoms with van der Waals surface area (Å²) in [6.45, 7) is 13.4. The number of hydrogen-bond donors (Lipinski definition) is 1. The van der Waals surface area contributed by atoms with Crippen molar-refractivity contribution >= 4 is 21.8 Å². The first-order chi connectivity index (χ1) is 15.8. The van der Waals surface area contributed by atoms with Crippen LogP contribution >= 0.6 is 0 Å². The summed E-state index contributed by atoms with van der Waals surface area (Å²) in [4.78, 5) is 14.5. The summed E-state index contributed by atoms with van der Waals surface area (Å²) in [5.41, 5.74) is 2.23. The zero-order valence-electron chi connectivity index (χ0n) is 21.0. The Balaban J connectivity index is 1.43. The molecule has 2 aliphatic rings. The van der Waals surface area contributed by atoms with Crippen LogP contribution in [0.15, 0.2) is 53.4 Å². The highest BCUT2D eigenvalue weighted by Gasteiger charge is 2.62. The fraction of sp³-hybridized carbons (Fsp3) is 0.519. The Morgan fingerprint density at radius 2 is 1.68 bits per heavy atom. The summed E-state index contributed by atoms with van der Waals surface area (Å²) in [5.74, 6) is 0.424. The lowest BCUT2D eigenvalue weighted by atomic mass is 9.82. The third kappa shape index (κ3) is 4.81. The maximum atomic E-state index is 12.9. The number of carbonyl (C=O) groups is 1. The van der Waals surface area contributed by atoms with Crippen LogP contribution < -0.4 is 4.72 Å². The number of hydrogen-bond acceptors (Lipinski definition) is 4. The fourth-order valence-electron chi connectivity index (χ4n) is 4.77. The highest BCUT2D eigenvalue weighted by Crippen LogP contribution is 2.59. The number of ether oxygens (including phenoxy) is 1. The molecule has 4 rings (SSSR count). The van der Waals surface area contributed by atoms with E-state index in [0.29, 0.717) is 24.7 Å². The monoisotopic (exact) mass is 484 g/mol. The Hall–Kier alpha value is -2.54. The molecule has 1 N–H and O–H groups in total. The van der Waals surface area contributed by atoms with Crippen molar-refractivity contribution in [2.75, 3.05) is 17.8 Å². The minimum absolute atomic E-state index is 0.00490. The number of benzene rings is 2. The van der Waals surface area contributed by atoms with Gasteiger partial charge in [-0.25, -0.2) is 13.2 Å². The molecule has 34 heavy (non-hydrogen) atoms. The van der Waals surface area contributed by atoms with Crippen LogP contribution in [0.4, 0.5) is 10.5 Å². The first-order valence-corrected chi connectivity index (χ1v) is 13.5. The highest BCUT2D eigenvalue weighted by atomic mass is 32.2. The van der Waals surface area contributed by atoms with Gasteiger partial charge in [-0.15, -0.1) is 0 Å². The first-order valence-electron chi connectivity index (χ1n) is 12.0. The van der Waals surface area contributed by atoms with Gasteiger partial charge >= 0.3 is 6.09 Å². The molecular weight excluding hydrogens is 448 g/mol. The molecule has 0 aromatic heterocycles. The Labute approximate surface area is 203 Å². The maximum absolute atomic E-state index is 12.9. The van der Waals surface area contributed by atoms with E-state index in [9.17, 15) is 13.2 Å². The molecule has 1 saturated heterocycles. The number of fused-ring (bicyclic) bond motifs is 1. The van der Waals surface area contributed by atoms with E-state index >= 15 is 0 Å². The van der Waals surface area contributed by atoms with Crippen LogP contribution in [0, 0.1) is 5.92 Å². The molecule has 2 atom stereocenters. The summed E-state index contributed by atoms with van der Waals surface area (Å²) >= 11 is 0. The van der Waals surface area contributed by atoms with Crippen molar-refractivity contribution in [3.63, 3.8) is 0 Å². The molecule has 6 nitrogen and oxygen atoms in total. The molecule has 2 aromatic carbocycles. The third-order valence-electron chi connectivity index (χ3n) is 7.34. The van der Waals surface area contributed by atoms with E-state index in [1.54, 1.807) is 17.0 Å². The number of rotatable bonds is 6.